The number of halogens is 1. The standard InChI is InChI=1S/C19H19FO5/c1-23-17-4-2-13(19(21)22)8-15(17)16-9-14(20)3-5-18(16)25-11-12-6-7-24-10-12/h2-5,8-9,12H,6-7,10-11H2,1H3,(H,21,22). The van der Waals surface area contributed by atoms with Gasteiger partial charge in [0.15, 0.2) is 0 Å². The van der Waals surface area contributed by atoms with Gasteiger partial charge in [-0.1, -0.05) is 0 Å². The summed E-state index contributed by atoms with van der Waals surface area (Å²) in [5.41, 5.74) is 1.02. The first-order chi connectivity index (χ1) is 12.1. The first kappa shape index (κ1) is 17.2. The van der Waals surface area contributed by atoms with Crippen LogP contribution in [0.15, 0.2) is 36.4 Å². The van der Waals surface area contributed by atoms with Crippen molar-refractivity contribution in [2.24, 2.45) is 5.92 Å². The van der Waals surface area contributed by atoms with Gasteiger partial charge >= 0.3 is 5.97 Å². The van der Waals surface area contributed by atoms with Crippen molar-refractivity contribution in [1.82, 2.24) is 0 Å². The van der Waals surface area contributed by atoms with Gasteiger partial charge in [-0.05, 0) is 42.8 Å². The third kappa shape index (κ3) is 3.91. The Balaban J connectivity index is 1.98. The molecule has 0 spiro atoms. The van der Waals surface area contributed by atoms with E-state index in [1.54, 1.807) is 12.1 Å². The maximum atomic E-state index is 13.8. The maximum Gasteiger partial charge on any atom is 0.335 e. The summed E-state index contributed by atoms with van der Waals surface area (Å²) >= 11 is 0. The van der Waals surface area contributed by atoms with Gasteiger partial charge in [-0.3, -0.25) is 0 Å². The average Bonchev–Trinajstić information content (AvgIpc) is 3.13. The van der Waals surface area contributed by atoms with Crippen LogP contribution < -0.4 is 9.47 Å². The van der Waals surface area contributed by atoms with Gasteiger partial charge < -0.3 is 19.3 Å². The van der Waals surface area contributed by atoms with E-state index in [0.717, 1.165) is 13.0 Å². The molecule has 2 aromatic carbocycles. The fourth-order valence-electron chi connectivity index (χ4n) is 2.81. The van der Waals surface area contributed by atoms with Crippen molar-refractivity contribution in [3.8, 4) is 22.6 Å². The molecule has 1 fully saturated rings. The van der Waals surface area contributed by atoms with Gasteiger partial charge in [0.25, 0.3) is 0 Å². The highest BCUT2D eigenvalue weighted by atomic mass is 19.1. The maximum absolute atomic E-state index is 13.8. The third-order valence-corrected chi connectivity index (χ3v) is 4.18. The molecule has 0 saturated carbocycles. The lowest BCUT2D eigenvalue weighted by Crippen LogP contribution is -2.12. The van der Waals surface area contributed by atoms with Gasteiger partial charge in [-0.15, -0.1) is 0 Å². The molecule has 1 unspecified atom stereocenters. The van der Waals surface area contributed by atoms with Crippen molar-refractivity contribution in [3.63, 3.8) is 0 Å². The number of benzene rings is 2. The smallest absolute Gasteiger partial charge is 0.335 e. The highest BCUT2D eigenvalue weighted by Gasteiger charge is 2.19. The molecule has 6 heteroatoms. The van der Waals surface area contributed by atoms with Gasteiger partial charge in [0.05, 0.1) is 25.9 Å². The fourth-order valence-corrected chi connectivity index (χ4v) is 2.81. The second-order valence-electron chi connectivity index (χ2n) is 5.90. The van der Waals surface area contributed by atoms with Crippen LogP contribution in [-0.2, 0) is 4.74 Å². The number of hydrogen-bond acceptors (Lipinski definition) is 4. The highest BCUT2D eigenvalue weighted by molar-refractivity contribution is 5.91. The number of ether oxygens (including phenoxy) is 3. The Morgan fingerprint density at radius 1 is 1.24 bits per heavy atom. The number of carboxylic acids is 1. The number of methoxy groups -OCH3 is 1. The summed E-state index contributed by atoms with van der Waals surface area (Å²) in [6, 6.07) is 8.65. The summed E-state index contributed by atoms with van der Waals surface area (Å²) in [7, 11) is 1.48. The molecule has 132 valence electrons. The molecule has 1 atom stereocenters. The largest absolute Gasteiger partial charge is 0.496 e. The van der Waals surface area contributed by atoms with Crippen molar-refractivity contribution in [2.45, 2.75) is 6.42 Å². The van der Waals surface area contributed by atoms with Crippen LogP contribution in [0.25, 0.3) is 11.1 Å². The minimum Gasteiger partial charge on any atom is -0.496 e. The molecule has 0 radical (unpaired) electrons. The molecule has 1 aliphatic rings. The van der Waals surface area contributed by atoms with E-state index in [-0.39, 0.29) is 5.56 Å². The van der Waals surface area contributed by atoms with E-state index < -0.39 is 11.8 Å². The van der Waals surface area contributed by atoms with Gasteiger partial charge in [0.1, 0.15) is 17.3 Å². The second-order valence-corrected chi connectivity index (χ2v) is 5.90. The van der Waals surface area contributed by atoms with Crippen LogP contribution in [0.4, 0.5) is 4.39 Å². The van der Waals surface area contributed by atoms with E-state index in [4.69, 9.17) is 14.2 Å². The Kier molecular flexibility index (Phi) is 5.19. The van der Waals surface area contributed by atoms with Crippen LogP contribution >= 0.6 is 0 Å². The lowest BCUT2D eigenvalue weighted by atomic mass is 10.0. The molecule has 0 amide bonds. The van der Waals surface area contributed by atoms with Crippen molar-refractivity contribution >= 4 is 5.97 Å². The minimum absolute atomic E-state index is 0.0928. The summed E-state index contributed by atoms with van der Waals surface area (Å²) in [6.07, 6.45) is 0.925. The molecule has 1 saturated heterocycles. The summed E-state index contributed by atoms with van der Waals surface area (Å²) in [6.45, 7) is 1.83. The minimum atomic E-state index is -1.06. The molecule has 5 nitrogen and oxygen atoms in total. The van der Waals surface area contributed by atoms with Gasteiger partial charge in [0.2, 0.25) is 0 Å². The van der Waals surface area contributed by atoms with Crippen LogP contribution in [0, 0.1) is 11.7 Å². The molecule has 0 aliphatic carbocycles. The topological polar surface area (TPSA) is 65.0 Å². The number of rotatable bonds is 6. The lowest BCUT2D eigenvalue weighted by Gasteiger charge is -2.16. The van der Waals surface area contributed by atoms with Crippen LogP contribution in [0.1, 0.15) is 16.8 Å². The highest BCUT2D eigenvalue weighted by Crippen LogP contribution is 2.38. The van der Waals surface area contributed by atoms with Crippen LogP contribution in [-0.4, -0.2) is 38.0 Å². The molecular formula is C19H19FO5. The first-order valence-corrected chi connectivity index (χ1v) is 8.00. The van der Waals surface area contributed by atoms with Gasteiger partial charge in [-0.25, -0.2) is 9.18 Å². The summed E-state index contributed by atoms with van der Waals surface area (Å²) in [4.78, 5) is 11.3. The van der Waals surface area contributed by atoms with E-state index in [1.807, 2.05) is 0 Å². The Hall–Kier alpha value is -2.60. The Labute approximate surface area is 144 Å². The SMILES string of the molecule is COc1ccc(C(=O)O)cc1-c1cc(F)ccc1OCC1CCOC1. The summed E-state index contributed by atoms with van der Waals surface area (Å²) < 4.78 is 30.4. The third-order valence-electron chi connectivity index (χ3n) is 4.18. The second kappa shape index (κ2) is 7.53. The van der Waals surface area contributed by atoms with Crippen LogP contribution in [0.2, 0.25) is 0 Å². The van der Waals surface area contributed by atoms with E-state index in [9.17, 15) is 14.3 Å². The summed E-state index contributed by atoms with van der Waals surface area (Å²) in [5.74, 6) is -0.274. The number of carboxylic acid groups (broad SMARTS) is 1. The molecule has 3 rings (SSSR count). The van der Waals surface area contributed by atoms with Crippen molar-refractivity contribution in [2.75, 3.05) is 26.9 Å². The van der Waals surface area contributed by atoms with E-state index in [0.29, 0.717) is 41.8 Å². The van der Waals surface area contributed by atoms with Crippen LogP contribution in [0.5, 0.6) is 11.5 Å². The van der Waals surface area contributed by atoms with Crippen molar-refractivity contribution < 1.29 is 28.5 Å². The zero-order valence-electron chi connectivity index (χ0n) is 13.8. The Bertz CT molecular complexity index is 768. The number of carbonyl (C=O) groups is 1. The molecule has 0 aromatic heterocycles. The monoisotopic (exact) mass is 346 g/mol. The summed E-state index contributed by atoms with van der Waals surface area (Å²) in [5, 5.41) is 9.23. The van der Waals surface area contributed by atoms with E-state index in [1.165, 1.54) is 31.4 Å². The molecule has 1 heterocycles. The van der Waals surface area contributed by atoms with Crippen molar-refractivity contribution in [3.05, 3.63) is 47.8 Å². The molecule has 2 aromatic rings. The van der Waals surface area contributed by atoms with E-state index >= 15 is 0 Å². The zero-order chi connectivity index (χ0) is 17.8. The predicted octanol–water partition coefficient (Wildman–Crippen LogP) is 3.61. The lowest BCUT2D eigenvalue weighted by molar-refractivity contribution is 0.0697. The van der Waals surface area contributed by atoms with Gasteiger partial charge in [0, 0.05) is 23.7 Å². The predicted molar refractivity (Wildman–Crippen MR) is 89.8 cm³/mol. The molecule has 1 aliphatic heterocycles. The Morgan fingerprint density at radius 3 is 2.68 bits per heavy atom. The zero-order valence-corrected chi connectivity index (χ0v) is 13.8. The fraction of sp³-hybridized carbons (Fsp3) is 0.316. The quantitative estimate of drug-likeness (QED) is 0.865. The molecule has 1 N–H and O–H groups in total. The molecular weight excluding hydrogens is 327 g/mol. The van der Waals surface area contributed by atoms with Crippen molar-refractivity contribution in [1.29, 1.82) is 0 Å². The average molecular weight is 346 g/mol. The number of hydrogen-bond donors (Lipinski definition) is 1. The van der Waals surface area contributed by atoms with Gasteiger partial charge in [-0.2, -0.15) is 0 Å². The normalized spacial score (nSPS) is 16.6. The van der Waals surface area contributed by atoms with Crippen LogP contribution in [0.3, 0.4) is 0 Å². The number of aromatic carboxylic acids is 1. The Morgan fingerprint density at radius 2 is 2.00 bits per heavy atom. The first-order valence-electron chi connectivity index (χ1n) is 8.00. The van der Waals surface area contributed by atoms with E-state index in [2.05, 4.69) is 0 Å². The molecule has 25 heavy (non-hydrogen) atoms. The molecule has 0 bridgehead atoms.